The van der Waals surface area contributed by atoms with E-state index in [9.17, 15) is 5.11 Å². The van der Waals surface area contributed by atoms with Crippen molar-refractivity contribution >= 4 is 11.6 Å². The van der Waals surface area contributed by atoms with Crippen molar-refractivity contribution in [1.82, 2.24) is 4.90 Å². The summed E-state index contributed by atoms with van der Waals surface area (Å²) in [5, 5.41) is 10.6. The SMILES string of the molecule is COCCCC1(CO)CCCN(CCOc2ccc(Cl)cc2)C1. The molecule has 5 heteroatoms. The zero-order valence-electron chi connectivity index (χ0n) is 14.0. The van der Waals surface area contributed by atoms with Gasteiger partial charge in [0.25, 0.3) is 0 Å². The monoisotopic (exact) mass is 341 g/mol. The first kappa shape index (κ1) is 18.5. The Balaban J connectivity index is 1.77. The van der Waals surface area contributed by atoms with Gasteiger partial charge < -0.3 is 14.6 Å². The van der Waals surface area contributed by atoms with Crippen LogP contribution in [0.3, 0.4) is 0 Å². The third-order valence-electron chi connectivity index (χ3n) is 4.62. The van der Waals surface area contributed by atoms with Crippen LogP contribution in [0.4, 0.5) is 0 Å². The fourth-order valence-corrected chi connectivity index (χ4v) is 3.45. The van der Waals surface area contributed by atoms with E-state index >= 15 is 0 Å². The number of methoxy groups -OCH3 is 1. The molecule has 1 saturated heterocycles. The fraction of sp³-hybridized carbons (Fsp3) is 0.667. The van der Waals surface area contributed by atoms with Gasteiger partial charge in [-0.05, 0) is 56.5 Å². The van der Waals surface area contributed by atoms with E-state index in [2.05, 4.69) is 4.90 Å². The number of piperidine rings is 1. The van der Waals surface area contributed by atoms with Crippen LogP contribution in [0.5, 0.6) is 5.75 Å². The minimum atomic E-state index is 0.0249. The molecule has 0 aromatic heterocycles. The average molecular weight is 342 g/mol. The number of aliphatic hydroxyl groups is 1. The van der Waals surface area contributed by atoms with Crippen LogP contribution >= 0.6 is 11.6 Å². The lowest BCUT2D eigenvalue weighted by atomic mass is 9.77. The van der Waals surface area contributed by atoms with Crippen molar-refractivity contribution in [2.75, 3.05) is 46.6 Å². The molecule has 1 aliphatic rings. The average Bonchev–Trinajstić information content (AvgIpc) is 2.57. The molecule has 4 nitrogen and oxygen atoms in total. The molecule has 1 aromatic rings. The third kappa shape index (κ3) is 5.96. The van der Waals surface area contributed by atoms with Crippen molar-refractivity contribution in [2.24, 2.45) is 5.41 Å². The first-order valence-electron chi connectivity index (χ1n) is 8.38. The lowest BCUT2D eigenvalue weighted by Crippen LogP contribution is -2.46. The molecule has 1 fully saturated rings. The van der Waals surface area contributed by atoms with Crippen LogP contribution in [0.1, 0.15) is 25.7 Å². The van der Waals surface area contributed by atoms with Crippen LogP contribution in [0, 0.1) is 5.41 Å². The highest BCUT2D eigenvalue weighted by Gasteiger charge is 2.34. The topological polar surface area (TPSA) is 41.9 Å². The number of halogens is 1. The fourth-order valence-electron chi connectivity index (χ4n) is 3.33. The lowest BCUT2D eigenvalue weighted by Gasteiger charge is -2.42. The van der Waals surface area contributed by atoms with Gasteiger partial charge >= 0.3 is 0 Å². The maximum atomic E-state index is 9.88. The van der Waals surface area contributed by atoms with E-state index in [0.29, 0.717) is 6.61 Å². The molecular formula is C18H28ClNO3. The Bertz CT molecular complexity index is 454. The predicted molar refractivity (Wildman–Crippen MR) is 93.2 cm³/mol. The minimum Gasteiger partial charge on any atom is -0.492 e. The zero-order valence-corrected chi connectivity index (χ0v) is 14.7. The van der Waals surface area contributed by atoms with Gasteiger partial charge in [0, 0.05) is 43.9 Å². The molecule has 1 unspecified atom stereocenters. The summed E-state index contributed by atoms with van der Waals surface area (Å²) in [5.74, 6) is 0.847. The molecule has 23 heavy (non-hydrogen) atoms. The molecular weight excluding hydrogens is 314 g/mol. The summed E-state index contributed by atoms with van der Waals surface area (Å²) in [4.78, 5) is 2.41. The van der Waals surface area contributed by atoms with Gasteiger partial charge in [-0.2, -0.15) is 0 Å². The lowest BCUT2D eigenvalue weighted by molar-refractivity contribution is 0.0147. The quantitative estimate of drug-likeness (QED) is 0.700. The molecule has 130 valence electrons. The molecule has 0 spiro atoms. The molecule has 0 saturated carbocycles. The normalized spacial score (nSPS) is 22.2. The van der Waals surface area contributed by atoms with Gasteiger partial charge in [-0.1, -0.05) is 11.6 Å². The first-order chi connectivity index (χ1) is 11.2. The van der Waals surface area contributed by atoms with Crippen molar-refractivity contribution in [3.05, 3.63) is 29.3 Å². The van der Waals surface area contributed by atoms with Gasteiger partial charge in [0.1, 0.15) is 12.4 Å². The van der Waals surface area contributed by atoms with Crippen molar-refractivity contribution in [3.63, 3.8) is 0 Å². The molecule has 1 atom stereocenters. The largest absolute Gasteiger partial charge is 0.492 e. The molecule has 1 heterocycles. The number of rotatable bonds is 9. The molecule has 0 amide bonds. The van der Waals surface area contributed by atoms with Crippen LogP contribution in [0.25, 0.3) is 0 Å². The number of hydrogen-bond donors (Lipinski definition) is 1. The van der Waals surface area contributed by atoms with E-state index in [-0.39, 0.29) is 12.0 Å². The van der Waals surface area contributed by atoms with Crippen LogP contribution in [0.2, 0.25) is 5.02 Å². The van der Waals surface area contributed by atoms with Gasteiger partial charge in [-0.3, -0.25) is 4.90 Å². The van der Waals surface area contributed by atoms with E-state index in [1.165, 1.54) is 0 Å². The second kappa shape index (κ2) is 9.48. The van der Waals surface area contributed by atoms with Crippen molar-refractivity contribution < 1.29 is 14.6 Å². The second-order valence-corrected chi connectivity index (χ2v) is 6.87. The van der Waals surface area contributed by atoms with E-state index < -0.39 is 0 Å². The van der Waals surface area contributed by atoms with Gasteiger partial charge in [0.2, 0.25) is 0 Å². The van der Waals surface area contributed by atoms with E-state index in [1.807, 2.05) is 24.3 Å². The van der Waals surface area contributed by atoms with Crippen LogP contribution < -0.4 is 4.74 Å². The number of benzene rings is 1. The maximum Gasteiger partial charge on any atom is 0.119 e. The number of aliphatic hydroxyl groups excluding tert-OH is 1. The highest BCUT2D eigenvalue weighted by molar-refractivity contribution is 6.30. The Morgan fingerprint density at radius 2 is 2.04 bits per heavy atom. The summed E-state index contributed by atoms with van der Waals surface area (Å²) in [5.41, 5.74) is 0.0249. The number of likely N-dealkylation sites (tertiary alicyclic amines) is 1. The van der Waals surface area contributed by atoms with Crippen molar-refractivity contribution in [2.45, 2.75) is 25.7 Å². The summed E-state index contributed by atoms with van der Waals surface area (Å²) in [6, 6.07) is 7.46. The van der Waals surface area contributed by atoms with E-state index in [1.54, 1.807) is 7.11 Å². The van der Waals surface area contributed by atoms with Crippen molar-refractivity contribution in [1.29, 1.82) is 0 Å². The van der Waals surface area contributed by atoms with Crippen molar-refractivity contribution in [3.8, 4) is 5.75 Å². The Morgan fingerprint density at radius 3 is 2.74 bits per heavy atom. The molecule has 0 aliphatic carbocycles. The summed E-state index contributed by atoms with van der Waals surface area (Å²) >= 11 is 5.87. The molecule has 0 radical (unpaired) electrons. The number of hydrogen-bond acceptors (Lipinski definition) is 4. The Labute approximate surface area is 144 Å². The van der Waals surface area contributed by atoms with Gasteiger partial charge in [0.15, 0.2) is 0 Å². The predicted octanol–water partition coefficient (Wildman–Crippen LogP) is 3.22. The van der Waals surface area contributed by atoms with E-state index in [0.717, 1.165) is 62.7 Å². The molecule has 1 aliphatic heterocycles. The van der Waals surface area contributed by atoms with Crippen LogP contribution in [-0.2, 0) is 4.74 Å². The smallest absolute Gasteiger partial charge is 0.119 e. The third-order valence-corrected chi connectivity index (χ3v) is 4.87. The van der Waals surface area contributed by atoms with Gasteiger partial charge in [0.05, 0.1) is 0 Å². The summed E-state index contributed by atoms with van der Waals surface area (Å²) in [6.45, 7) is 4.58. The highest BCUT2D eigenvalue weighted by atomic mass is 35.5. The summed E-state index contributed by atoms with van der Waals surface area (Å²) in [6.07, 6.45) is 4.26. The Morgan fingerprint density at radius 1 is 1.26 bits per heavy atom. The minimum absolute atomic E-state index is 0.0249. The van der Waals surface area contributed by atoms with Crippen LogP contribution in [0.15, 0.2) is 24.3 Å². The van der Waals surface area contributed by atoms with Gasteiger partial charge in [-0.15, -0.1) is 0 Å². The van der Waals surface area contributed by atoms with Gasteiger partial charge in [-0.25, -0.2) is 0 Å². The Hall–Kier alpha value is -0.810. The number of ether oxygens (including phenoxy) is 2. The zero-order chi connectivity index (χ0) is 16.5. The standard InChI is InChI=1S/C18H28ClNO3/c1-22-12-3-9-18(15-21)8-2-10-20(14-18)11-13-23-17-6-4-16(19)5-7-17/h4-7,21H,2-3,8-15H2,1H3. The molecule has 0 bridgehead atoms. The molecule has 1 N–H and O–H groups in total. The number of nitrogens with zero attached hydrogens (tertiary/aromatic N) is 1. The Kier molecular flexibility index (Phi) is 7.63. The molecule has 2 rings (SSSR count). The summed E-state index contributed by atoms with van der Waals surface area (Å²) < 4.78 is 10.9. The first-order valence-corrected chi connectivity index (χ1v) is 8.76. The molecule has 1 aromatic carbocycles. The highest BCUT2D eigenvalue weighted by Crippen LogP contribution is 2.34. The maximum absolute atomic E-state index is 9.88. The van der Waals surface area contributed by atoms with Crippen LogP contribution in [-0.4, -0.2) is 56.6 Å². The second-order valence-electron chi connectivity index (χ2n) is 6.44. The summed E-state index contributed by atoms with van der Waals surface area (Å²) in [7, 11) is 1.73. The van der Waals surface area contributed by atoms with E-state index in [4.69, 9.17) is 21.1 Å².